The van der Waals surface area contributed by atoms with Crippen molar-refractivity contribution in [1.29, 1.82) is 0 Å². The van der Waals surface area contributed by atoms with Gasteiger partial charge in [0.05, 0.1) is 11.1 Å². The van der Waals surface area contributed by atoms with E-state index in [0.29, 0.717) is 24.3 Å². The maximum atomic E-state index is 13.8. The van der Waals surface area contributed by atoms with Crippen molar-refractivity contribution in [2.24, 2.45) is 0 Å². The summed E-state index contributed by atoms with van der Waals surface area (Å²) in [6, 6.07) is 7.05. The van der Waals surface area contributed by atoms with Crippen molar-refractivity contribution in [3.63, 3.8) is 0 Å². The Morgan fingerprint density at radius 1 is 1.08 bits per heavy atom. The Kier molecular flexibility index (Phi) is 5.01. The number of nitrogens with zero attached hydrogens (tertiary/aromatic N) is 2. The molecule has 0 aromatic heterocycles. The van der Waals surface area contributed by atoms with Gasteiger partial charge in [0.1, 0.15) is 17.5 Å². The maximum absolute atomic E-state index is 13.8. The average molecular weight is 369 g/mol. The molecule has 0 unspecified atom stereocenters. The minimum Gasteiger partial charge on any atom is -0.310 e. The van der Waals surface area contributed by atoms with Crippen molar-refractivity contribution in [2.45, 2.75) is 19.5 Å². The van der Waals surface area contributed by atoms with Crippen LogP contribution in [0.1, 0.15) is 12.5 Å². The lowest BCUT2D eigenvalue weighted by Crippen LogP contribution is -2.55. The van der Waals surface area contributed by atoms with Crippen LogP contribution in [-0.2, 0) is 11.3 Å². The summed E-state index contributed by atoms with van der Waals surface area (Å²) >= 11 is 5.79. The zero-order chi connectivity index (χ0) is 18.1. The van der Waals surface area contributed by atoms with Crippen LogP contribution >= 0.6 is 11.6 Å². The molecule has 1 heterocycles. The molecule has 2 aromatic rings. The molecule has 7 heteroatoms. The molecule has 0 bridgehead atoms. The van der Waals surface area contributed by atoms with Crippen LogP contribution in [0.2, 0.25) is 5.02 Å². The van der Waals surface area contributed by atoms with Gasteiger partial charge in [0, 0.05) is 37.0 Å². The van der Waals surface area contributed by atoms with Crippen LogP contribution in [0.25, 0.3) is 0 Å². The van der Waals surface area contributed by atoms with Crippen LogP contribution in [-0.4, -0.2) is 29.9 Å². The lowest BCUT2D eigenvalue weighted by atomic mass is 10.1. The first-order valence-electron chi connectivity index (χ1n) is 7.81. The van der Waals surface area contributed by atoms with Crippen molar-refractivity contribution >= 4 is 23.2 Å². The SMILES string of the molecule is C[C@@H]1C(=O)N(c2ccc(F)c(Cl)c2)CCN1Cc1ccc(F)cc1F. The number of piperazine rings is 1. The Morgan fingerprint density at radius 3 is 2.52 bits per heavy atom. The van der Waals surface area contributed by atoms with E-state index in [9.17, 15) is 18.0 Å². The molecule has 1 aliphatic heterocycles. The van der Waals surface area contributed by atoms with Gasteiger partial charge in [-0.3, -0.25) is 9.69 Å². The molecule has 2 aromatic carbocycles. The monoisotopic (exact) mass is 368 g/mol. The summed E-state index contributed by atoms with van der Waals surface area (Å²) in [5, 5.41) is -0.0474. The number of benzene rings is 2. The summed E-state index contributed by atoms with van der Waals surface area (Å²) < 4.78 is 40.2. The fourth-order valence-corrected chi connectivity index (χ4v) is 3.08. The Hall–Kier alpha value is -2.05. The summed E-state index contributed by atoms with van der Waals surface area (Å²) in [7, 11) is 0. The number of amides is 1. The summed E-state index contributed by atoms with van der Waals surface area (Å²) in [5.41, 5.74) is 0.857. The van der Waals surface area contributed by atoms with Crippen LogP contribution in [0.5, 0.6) is 0 Å². The summed E-state index contributed by atoms with van der Waals surface area (Å²) in [6.45, 7) is 2.80. The predicted molar refractivity (Wildman–Crippen MR) is 90.0 cm³/mol. The Balaban J connectivity index is 1.75. The molecule has 1 aliphatic rings. The standard InChI is InChI=1S/C18H16ClF3N2O/c1-11-18(25)24(14-4-5-16(21)15(19)9-14)7-6-23(11)10-12-2-3-13(20)8-17(12)22/h2-5,8-9,11H,6-7,10H2,1H3/t11-/m1/s1. The van der Waals surface area contributed by atoms with Gasteiger partial charge in [-0.25, -0.2) is 13.2 Å². The van der Waals surface area contributed by atoms with Crippen molar-refractivity contribution in [3.05, 3.63) is 64.4 Å². The second-order valence-electron chi connectivity index (χ2n) is 5.97. The zero-order valence-electron chi connectivity index (χ0n) is 13.5. The van der Waals surface area contributed by atoms with E-state index in [1.165, 1.54) is 35.2 Å². The fourth-order valence-electron chi connectivity index (χ4n) is 2.91. The van der Waals surface area contributed by atoms with Crippen molar-refractivity contribution in [3.8, 4) is 0 Å². The quantitative estimate of drug-likeness (QED) is 0.817. The second-order valence-corrected chi connectivity index (χ2v) is 6.38. The molecular formula is C18H16ClF3N2O. The van der Waals surface area contributed by atoms with Gasteiger partial charge in [-0.1, -0.05) is 17.7 Å². The van der Waals surface area contributed by atoms with Gasteiger partial charge in [-0.15, -0.1) is 0 Å². The van der Waals surface area contributed by atoms with Crippen LogP contribution < -0.4 is 4.90 Å². The largest absolute Gasteiger partial charge is 0.310 e. The predicted octanol–water partition coefficient (Wildman–Crippen LogP) is 3.99. The number of rotatable bonds is 3. The molecule has 132 valence electrons. The number of carbonyl (C=O) groups is 1. The third kappa shape index (κ3) is 3.65. The maximum Gasteiger partial charge on any atom is 0.244 e. The van der Waals surface area contributed by atoms with E-state index in [4.69, 9.17) is 11.6 Å². The Morgan fingerprint density at radius 2 is 1.84 bits per heavy atom. The second kappa shape index (κ2) is 7.06. The molecule has 0 N–H and O–H groups in total. The number of carbonyl (C=O) groups excluding carboxylic acids is 1. The van der Waals surface area contributed by atoms with E-state index in [2.05, 4.69) is 0 Å². The Bertz CT molecular complexity index is 815. The smallest absolute Gasteiger partial charge is 0.244 e. The van der Waals surface area contributed by atoms with E-state index >= 15 is 0 Å². The molecule has 0 spiro atoms. The number of anilines is 1. The van der Waals surface area contributed by atoms with Crippen LogP contribution in [0.15, 0.2) is 36.4 Å². The first-order chi connectivity index (χ1) is 11.9. The first kappa shape index (κ1) is 17.8. The van der Waals surface area contributed by atoms with E-state index in [1.54, 1.807) is 6.92 Å². The number of halogens is 4. The molecule has 0 aliphatic carbocycles. The van der Waals surface area contributed by atoms with Gasteiger partial charge in [-0.05, 0) is 31.2 Å². The minimum atomic E-state index is -0.636. The third-order valence-electron chi connectivity index (χ3n) is 4.39. The van der Waals surface area contributed by atoms with E-state index in [-0.39, 0.29) is 17.5 Å². The van der Waals surface area contributed by atoms with Gasteiger partial charge in [0.2, 0.25) is 5.91 Å². The highest BCUT2D eigenvalue weighted by Gasteiger charge is 2.32. The molecule has 0 radical (unpaired) electrons. The highest BCUT2D eigenvalue weighted by atomic mass is 35.5. The van der Waals surface area contributed by atoms with Crippen molar-refractivity contribution in [1.82, 2.24) is 4.90 Å². The van der Waals surface area contributed by atoms with Crippen molar-refractivity contribution < 1.29 is 18.0 Å². The number of hydrogen-bond donors (Lipinski definition) is 0. The highest BCUT2D eigenvalue weighted by molar-refractivity contribution is 6.31. The van der Waals surface area contributed by atoms with Gasteiger partial charge >= 0.3 is 0 Å². The first-order valence-corrected chi connectivity index (χ1v) is 8.19. The normalized spacial score (nSPS) is 18.7. The number of hydrogen-bond acceptors (Lipinski definition) is 2. The fraction of sp³-hybridized carbons (Fsp3) is 0.278. The summed E-state index contributed by atoms with van der Waals surface area (Å²) in [4.78, 5) is 16.0. The molecule has 1 amide bonds. The van der Waals surface area contributed by atoms with Crippen LogP contribution in [0, 0.1) is 17.5 Å². The highest BCUT2D eigenvalue weighted by Crippen LogP contribution is 2.26. The molecule has 3 nitrogen and oxygen atoms in total. The average Bonchev–Trinajstić information content (AvgIpc) is 2.57. The van der Waals surface area contributed by atoms with E-state index < -0.39 is 23.5 Å². The Labute approximate surface area is 148 Å². The minimum absolute atomic E-state index is 0.0474. The van der Waals surface area contributed by atoms with Crippen molar-refractivity contribution in [2.75, 3.05) is 18.0 Å². The molecule has 1 fully saturated rings. The lowest BCUT2D eigenvalue weighted by Gasteiger charge is -2.39. The molecule has 1 atom stereocenters. The van der Waals surface area contributed by atoms with Crippen LogP contribution in [0.4, 0.5) is 18.9 Å². The lowest BCUT2D eigenvalue weighted by molar-refractivity contribution is -0.125. The molecule has 1 saturated heterocycles. The van der Waals surface area contributed by atoms with Crippen LogP contribution in [0.3, 0.4) is 0 Å². The topological polar surface area (TPSA) is 23.6 Å². The van der Waals surface area contributed by atoms with Gasteiger partial charge < -0.3 is 4.90 Å². The molecule has 0 saturated carbocycles. The molecule has 25 heavy (non-hydrogen) atoms. The molecule has 3 rings (SSSR count). The van der Waals surface area contributed by atoms with E-state index in [1.807, 2.05) is 4.90 Å². The van der Waals surface area contributed by atoms with Gasteiger partial charge in [0.15, 0.2) is 0 Å². The zero-order valence-corrected chi connectivity index (χ0v) is 14.2. The van der Waals surface area contributed by atoms with E-state index in [0.717, 1.165) is 6.07 Å². The van der Waals surface area contributed by atoms with Gasteiger partial charge in [0.25, 0.3) is 0 Å². The van der Waals surface area contributed by atoms with Gasteiger partial charge in [-0.2, -0.15) is 0 Å². The summed E-state index contributed by atoms with van der Waals surface area (Å²) in [6.07, 6.45) is 0. The third-order valence-corrected chi connectivity index (χ3v) is 4.68. The molecular weight excluding hydrogens is 353 g/mol. The summed E-state index contributed by atoms with van der Waals surface area (Å²) in [5.74, 6) is -2.00.